The highest BCUT2D eigenvalue weighted by molar-refractivity contribution is 6.07. The molecule has 18 rings (SSSR count). The first kappa shape index (κ1) is 125. The molecule has 8 aliphatic rings. The van der Waals surface area contributed by atoms with Gasteiger partial charge in [-0.25, -0.2) is 15.0 Å². The number of piperidine rings is 1. The lowest BCUT2D eigenvalue weighted by Crippen LogP contribution is -2.35. The van der Waals surface area contributed by atoms with Crippen LogP contribution in [0.25, 0.3) is 43.9 Å². The van der Waals surface area contributed by atoms with Gasteiger partial charge in [0.2, 0.25) is 0 Å². The van der Waals surface area contributed by atoms with Crippen molar-refractivity contribution >= 4 is 66.8 Å². The highest BCUT2D eigenvalue weighted by Crippen LogP contribution is 2.40. The lowest BCUT2D eigenvalue weighted by Gasteiger charge is -2.25. The number of hydrogen-bond donors (Lipinski definition) is 1. The minimum Gasteiger partial charge on any atom is -0.380 e. The fraction of sp³-hybridized carbons (Fsp3) is 0.564. The van der Waals surface area contributed by atoms with Gasteiger partial charge in [0, 0.05) is 172 Å². The molecule has 734 valence electrons. The number of anilines is 3. The molecule has 20 heteroatoms. The third kappa shape index (κ3) is 35.3. The van der Waals surface area contributed by atoms with Crippen molar-refractivity contribution in [3.63, 3.8) is 0 Å². The number of aromatic nitrogens is 7. The number of likely N-dealkylation sites (tertiary alicyclic amines) is 1. The van der Waals surface area contributed by atoms with Crippen molar-refractivity contribution in [2.75, 3.05) is 132 Å². The van der Waals surface area contributed by atoms with E-state index < -0.39 is 0 Å². The van der Waals surface area contributed by atoms with E-state index in [2.05, 4.69) is 401 Å². The molecule has 0 amide bonds. The van der Waals surface area contributed by atoms with Crippen LogP contribution in [0.1, 0.15) is 228 Å². The largest absolute Gasteiger partial charge is 0.380 e. The molecule has 2 fully saturated rings. The number of hydrogen-bond acceptors (Lipinski definition) is 16. The number of benzene rings is 6. The summed E-state index contributed by atoms with van der Waals surface area (Å²) in [7, 11) is 33.2. The molecular formula is C110H194N20. The molecule has 6 atom stereocenters. The second-order valence-corrected chi connectivity index (χ2v) is 33.0. The number of rotatable bonds is 0. The van der Waals surface area contributed by atoms with Crippen LogP contribution < -0.4 is 20.4 Å². The average molecular weight is 1800 g/mol. The Morgan fingerprint density at radius 3 is 1.07 bits per heavy atom. The lowest BCUT2D eigenvalue weighted by atomic mass is 9.99. The van der Waals surface area contributed by atoms with Crippen molar-refractivity contribution in [3.05, 3.63) is 216 Å². The van der Waals surface area contributed by atoms with Crippen LogP contribution in [0, 0.1) is 27.7 Å². The van der Waals surface area contributed by atoms with E-state index in [9.17, 15) is 0 Å². The maximum Gasteiger partial charge on any atom is 0.106 e. The standard InChI is InChI=1S/C13H11N.C11H15N.C10H14N2.C9H10N2.C8H8N2.C8H18N2.C8H16N2.C7H14N2.C7H12N2.C6H13N.2C5H9N.4C2H6.CH5N.4CH4/c1-14-12-8-4-2-6-10(12)11-7-3-5-9-13(11)14;1-8-9(2)12(3)11-7-5-4-6-10(8)11;1-8-11(2)9-6-4-5-7-10(9)12(8)3;1-7-10-8-5-3-4-6-9(8)11(7)2;1-10-6-9-7-4-2-3-5-8(7)10;2*1-6-7(2)10(5)8(3)9(6)4;2*1-5-6(2)9(4)7(3)8-5;1-7-5-3-2-4-6-7;2*1-6-4-2-3-5-6;5*1-2;;;;/h2-9H,1H3;4-9H,1-3H3;4-8H,1-3H3;3-6H,1-2H3;2-6H,1H3;6-8H,1-5H3;8H,1-5H3;5-6H,1-4H3;1-4H3;2-6H2,1H3;2,4H,3,5H2,1H3;2-3H,4-5H2,1H3;4*1-2H3;2H2,1H3;4*1H4. The maximum absolute atomic E-state index is 4.50. The van der Waals surface area contributed by atoms with Gasteiger partial charge in [0.25, 0.3) is 0 Å². The Balaban J connectivity index is -0.00000134. The summed E-state index contributed by atoms with van der Waals surface area (Å²) in [5.74, 6) is 3.98. The minimum atomic E-state index is 0. The number of nitrogens with two attached hydrogens (primary N) is 1. The van der Waals surface area contributed by atoms with Gasteiger partial charge in [0.15, 0.2) is 0 Å². The predicted octanol–water partition coefficient (Wildman–Crippen LogP) is 24.9. The molecule has 6 aromatic carbocycles. The van der Waals surface area contributed by atoms with Gasteiger partial charge in [-0.15, -0.1) is 0 Å². The second-order valence-electron chi connectivity index (χ2n) is 33.0. The summed E-state index contributed by atoms with van der Waals surface area (Å²) in [5.41, 5.74) is 22.3. The topological polar surface area (TPSA) is 132 Å². The smallest absolute Gasteiger partial charge is 0.106 e. The Morgan fingerprint density at radius 2 is 0.762 bits per heavy atom. The molecule has 2 saturated heterocycles. The van der Waals surface area contributed by atoms with Gasteiger partial charge in [-0.1, -0.05) is 208 Å². The Bertz CT molecular complexity index is 4510. The summed E-state index contributed by atoms with van der Waals surface area (Å²) < 4.78 is 8.44. The van der Waals surface area contributed by atoms with E-state index in [1.807, 2.05) is 145 Å². The molecule has 0 radical (unpaired) electrons. The molecule has 0 spiro atoms. The van der Waals surface area contributed by atoms with Crippen molar-refractivity contribution in [2.24, 2.45) is 38.9 Å². The summed E-state index contributed by atoms with van der Waals surface area (Å²) in [6, 6.07) is 53.5. The normalized spacial score (nSPS) is 18.8. The molecular weight excluding hydrogens is 1600 g/mol. The fourth-order valence-corrected chi connectivity index (χ4v) is 15.4. The van der Waals surface area contributed by atoms with Gasteiger partial charge in [0.1, 0.15) is 11.6 Å². The SMILES string of the molecule is C.C.C.C.CC.CC.CC.CC.CC1=C(C)N(C)C(C)N1C.CC1=NC(C)C(C)N1C.CC1C(C)N(C)C(C)N1C.CC1N(C)c2ccccc2N1C.CC1c2ccccc2N(C)C1C.CN.CN1C=CCC1.CN1CC=CC1.CN1CCCCC1.Cc1nc(C)n(C)c1C.Cc1nc2ccccc2n1C.Cn1c2ccccc2c2ccccc21.Cn1cnc2ccccc21. The maximum atomic E-state index is 4.50. The monoisotopic (exact) mass is 1800 g/mol. The van der Waals surface area contributed by atoms with Crippen LogP contribution >= 0.6 is 0 Å². The Kier molecular flexibility index (Phi) is 61.8. The number of allylic oxidation sites excluding steroid dienone is 2. The highest BCUT2D eigenvalue weighted by Gasteiger charge is 2.35. The number of aliphatic imine (C=N–C) groups is 1. The zero-order chi connectivity index (χ0) is 95.5. The van der Waals surface area contributed by atoms with E-state index in [1.54, 1.807) is 0 Å². The summed E-state index contributed by atoms with van der Waals surface area (Å²) in [6.07, 6.45) is 17.6. The van der Waals surface area contributed by atoms with Gasteiger partial charge >= 0.3 is 0 Å². The van der Waals surface area contributed by atoms with Crippen molar-refractivity contribution in [1.82, 2.24) is 72.4 Å². The number of para-hydroxylation sites is 9. The van der Waals surface area contributed by atoms with E-state index in [4.69, 9.17) is 0 Å². The van der Waals surface area contributed by atoms with Gasteiger partial charge in [-0.05, 0) is 238 Å². The first-order chi connectivity index (χ1) is 60.0. The minimum absolute atomic E-state index is 0. The summed E-state index contributed by atoms with van der Waals surface area (Å²) in [4.78, 5) is 42.6. The molecule has 130 heavy (non-hydrogen) atoms. The van der Waals surface area contributed by atoms with Crippen LogP contribution in [0.15, 0.2) is 193 Å². The van der Waals surface area contributed by atoms with E-state index in [0.29, 0.717) is 54.6 Å². The molecule has 8 aliphatic heterocycles. The predicted molar refractivity (Wildman–Crippen MR) is 583 cm³/mol. The van der Waals surface area contributed by atoms with Gasteiger partial charge in [-0.2, -0.15) is 0 Å². The molecule has 0 bridgehead atoms. The number of aryl methyl sites for hydroxylation is 6. The third-order valence-electron chi connectivity index (χ3n) is 25.9. The third-order valence-corrected chi connectivity index (χ3v) is 25.9. The number of likely N-dealkylation sites (N-methyl/N-ethyl adjacent to an activating group) is 5. The number of fused-ring (bicyclic) bond motifs is 7. The molecule has 12 heterocycles. The average Bonchev–Trinajstić information content (AvgIpc) is 1.61. The van der Waals surface area contributed by atoms with Crippen LogP contribution in [0.4, 0.5) is 17.1 Å². The van der Waals surface area contributed by atoms with Gasteiger partial charge in [0.05, 0.1) is 75.8 Å². The Hall–Kier alpha value is -9.44. The van der Waals surface area contributed by atoms with Crippen molar-refractivity contribution in [3.8, 4) is 0 Å². The number of amidine groups is 1. The van der Waals surface area contributed by atoms with Crippen molar-refractivity contribution < 1.29 is 0 Å². The molecule has 6 unspecified atom stereocenters. The van der Waals surface area contributed by atoms with Crippen molar-refractivity contribution in [1.29, 1.82) is 0 Å². The first-order valence-corrected chi connectivity index (χ1v) is 46.8. The van der Waals surface area contributed by atoms with Gasteiger partial charge < -0.3 is 63.2 Å². The molecule has 10 aromatic rings. The van der Waals surface area contributed by atoms with Crippen LogP contribution in [0.2, 0.25) is 0 Å². The van der Waals surface area contributed by atoms with Crippen LogP contribution in [0.5, 0.6) is 0 Å². The van der Waals surface area contributed by atoms with Gasteiger partial charge in [-0.3, -0.25) is 19.7 Å². The van der Waals surface area contributed by atoms with Crippen molar-refractivity contribution in [2.45, 2.75) is 276 Å². The zero-order valence-electron chi connectivity index (χ0n) is 86.9. The van der Waals surface area contributed by atoms with Crippen LogP contribution in [-0.2, 0) is 28.2 Å². The summed E-state index contributed by atoms with van der Waals surface area (Å²) >= 11 is 0. The van der Waals surface area contributed by atoms with E-state index in [-0.39, 0.29) is 29.7 Å². The first-order valence-electron chi connectivity index (χ1n) is 46.8. The molecule has 0 saturated carbocycles. The number of nitrogens with zero attached hydrogens (tertiary/aromatic N) is 19. The van der Waals surface area contributed by atoms with Crippen LogP contribution in [0.3, 0.4) is 0 Å². The quantitative estimate of drug-likeness (QED) is 0.144. The Morgan fingerprint density at radius 1 is 0.354 bits per heavy atom. The summed E-state index contributed by atoms with van der Waals surface area (Å²) in [5, 5.41) is 2.68. The lowest BCUT2D eigenvalue weighted by molar-refractivity contribution is 0.185. The molecule has 4 aromatic heterocycles. The fourth-order valence-electron chi connectivity index (χ4n) is 15.4. The zero-order valence-corrected chi connectivity index (χ0v) is 86.9. The Labute approximate surface area is 798 Å². The number of imidazole rings is 3. The highest BCUT2D eigenvalue weighted by atomic mass is 15.4. The van der Waals surface area contributed by atoms with E-state index in [1.165, 1.54) is 125 Å². The van der Waals surface area contributed by atoms with E-state index >= 15 is 0 Å². The molecule has 0 aliphatic carbocycles. The molecule has 2 N–H and O–H groups in total. The summed E-state index contributed by atoms with van der Waals surface area (Å²) in [6.45, 7) is 56.8. The van der Waals surface area contributed by atoms with Crippen LogP contribution in [-0.4, -0.2) is 244 Å². The second kappa shape index (κ2) is 64.4. The molecule has 20 nitrogen and oxygen atoms in total. The van der Waals surface area contributed by atoms with E-state index in [0.717, 1.165) is 47.3 Å².